The van der Waals surface area contributed by atoms with Crippen molar-refractivity contribution < 1.29 is 0 Å². The van der Waals surface area contributed by atoms with Gasteiger partial charge < -0.3 is 5.32 Å². The van der Waals surface area contributed by atoms with Gasteiger partial charge >= 0.3 is 0 Å². The molecule has 0 atom stereocenters. The minimum Gasteiger partial charge on any atom is -0.313 e. The highest BCUT2D eigenvalue weighted by Crippen LogP contribution is 2.29. The van der Waals surface area contributed by atoms with Crippen LogP contribution in [0.3, 0.4) is 0 Å². The molecule has 0 bridgehead atoms. The van der Waals surface area contributed by atoms with Crippen LogP contribution in [0, 0.1) is 0 Å². The zero-order chi connectivity index (χ0) is 13.5. The van der Waals surface area contributed by atoms with Crippen LogP contribution in [0.2, 0.25) is 10.0 Å². The van der Waals surface area contributed by atoms with E-state index in [-0.39, 0.29) is 0 Å². The lowest BCUT2D eigenvalue weighted by molar-refractivity contribution is 0.474. The standard InChI is InChI=1S/C15H21Cl2NS/c16-12-7-8-14(17)15(11-12)19-10-9-18-13-5-3-1-2-4-6-13/h7-8,11,13,18H,1-6,9-10H2. The molecule has 2 rings (SSSR count). The Balaban J connectivity index is 1.69. The lowest BCUT2D eigenvalue weighted by Crippen LogP contribution is -2.30. The van der Waals surface area contributed by atoms with Crippen LogP contribution >= 0.6 is 35.0 Å². The quantitative estimate of drug-likeness (QED) is 0.443. The lowest BCUT2D eigenvalue weighted by Gasteiger charge is -2.16. The van der Waals surface area contributed by atoms with Crippen LogP contribution in [0.4, 0.5) is 0 Å². The monoisotopic (exact) mass is 317 g/mol. The summed E-state index contributed by atoms with van der Waals surface area (Å²) in [5.74, 6) is 1.04. The highest BCUT2D eigenvalue weighted by Gasteiger charge is 2.11. The highest BCUT2D eigenvalue weighted by atomic mass is 35.5. The molecule has 1 aliphatic carbocycles. The Morgan fingerprint density at radius 3 is 2.58 bits per heavy atom. The molecule has 106 valence electrons. The first kappa shape index (κ1) is 15.5. The molecule has 19 heavy (non-hydrogen) atoms. The zero-order valence-corrected chi connectivity index (χ0v) is 13.5. The molecule has 1 N–H and O–H groups in total. The molecule has 1 nitrogen and oxygen atoms in total. The van der Waals surface area contributed by atoms with Crippen molar-refractivity contribution in [3.05, 3.63) is 28.2 Å². The fraction of sp³-hybridized carbons (Fsp3) is 0.600. The minimum absolute atomic E-state index is 0.720. The van der Waals surface area contributed by atoms with Crippen molar-refractivity contribution in [2.45, 2.75) is 49.5 Å². The molecule has 0 radical (unpaired) electrons. The summed E-state index contributed by atoms with van der Waals surface area (Å²) in [6.07, 6.45) is 8.25. The molecule has 1 saturated carbocycles. The summed E-state index contributed by atoms with van der Waals surface area (Å²) in [5.41, 5.74) is 0. The summed E-state index contributed by atoms with van der Waals surface area (Å²) in [6, 6.07) is 6.36. The maximum absolute atomic E-state index is 6.15. The van der Waals surface area contributed by atoms with Gasteiger partial charge in [-0.15, -0.1) is 11.8 Å². The molecule has 0 aliphatic heterocycles. The Kier molecular flexibility index (Phi) is 6.86. The summed E-state index contributed by atoms with van der Waals surface area (Å²) in [6.45, 7) is 1.04. The third-order valence-corrected chi connectivity index (χ3v) is 5.27. The highest BCUT2D eigenvalue weighted by molar-refractivity contribution is 7.99. The average Bonchev–Trinajstić information content (AvgIpc) is 2.67. The summed E-state index contributed by atoms with van der Waals surface area (Å²) in [4.78, 5) is 1.08. The molecule has 0 unspecified atom stereocenters. The Morgan fingerprint density at radius 2 is 1.84 bits per heavy atom. The molecule has 0 aromatic heterocycles. The SMILES string of the molecule is Clc1ccc(Cl)c(SCCNC2CCCCCC2)c1. The van der Waals surface area contributed by atoms with E-state index in [0.717, 1.165) is 33.3 Å². The largest absolute Gasteiger partial charge is 0.313 e. The Morgan fingerprint density at radius 1 is 1.11 bits per heavy atom. The Bertz CT molecular complexity index is 390. The average molecular weight is 318 g/mol. The fourth-order valence-electron chi connectivity index (χ4n) is 2.50. The van der Waals surface area contributed by atoms with Crippen molar-refractivity contribution in [2.75, 3.05) is 12.3 Å². The third-order valence-electron chi connectivity index (χ3n) is 3.54. The maximum atomic E-state index is 6.15. The van der Waals surface area contributed by atoms with Crippen molar-refractivity contribution in [3.8, 4) is 0 Å². The van der Waals surface area contributed by atoms with Crippen molar-refractivity contribution in [1.29, 1.82) is 0 Å². The molecule has 1 aromatic rings. The second-order valence-corrected chi connectivity index (χ2v) is 7.05. The van der Waals surface area contributed by atoms with Crippen LogP contribution in [0.25, 0.3) is 0 Å². The molecule has 1 aromatic carbocycles. The first-order valence-electron chi connectivity index (χ1n) is 7.07. The Labute approximate surface area is 130 Å². The predicted octanol–water partition coefficient (Wildman–Crippen LogP) is 5.40. The van der Waals surface area contributed by atoms with Gasteiger partial charge in [-0.1, -0.05) is 48.9 Å². The van der Waals surface area contributed by atoms with Crippen LogP contribution in [-0.4, -0.2) is 18.3 Å². The first-order valence-corrected chi connectivity index (χ1v) is 8.81. The van der Waals surface area contributed by atoms with E-state index in [1.54, 1.807) is 11.8 Å². The van der Waals surface area contributed by atoms with E-state index in [1.165, 1.54) is 38.5 Å². The summed E-state index contributed by atoms with van der Waals surface area (Å²) >= 11 is 13.9. The van der Waals surface area contributed by atoms with E-state index in [2.05, 4.69) is 5.32 Å². The maximum Gasteiger partial charge on any atom is 0.0542 e. The van der Waals surface area contributed by atoms with Crippen LogP contribution in [0.5, 0.6) is 0 Å². The van der Waals surface area contributed by atoms with E-state index in [1.807, 2.05) is 18.2 Å². The number of halogens is 2. The molecule has 4 heteroatoms. The fourth-order valence-corrected chi connectivity index (χ4v) is 3.87. The van der Waals surface area contributed by atoms with Crippen molar-refractivity contribution in [1.82, 2.24) is 5.32 Å². The minimum atomic E-state index is 0.720. The van der Waals surface area contributed by atoms with Crippen LogP contribution in [0.1, 0.15) is 38.5 Å². The number of benzene rings is 1. The molecule has 0 spiro atoms. The molecule has 0 saturated heterocycles. The van der Waals surface area contributed by atoms with Gasteiger partial charge in [0.2, 0.25) is 0 Å². The molecular formula is C15H21Cl2NS. The van der Waals surface area contributed by atoms with Crippen molar-refractivity contribution >= 4 is 35.0 Å². The number of thioether (sulfide) groups is 1. The predicted molar refractivity (Wildman–Crippen MR) is 86.7 cm³/mol. The molecule has 0 amide bonds. The summed E-state index contributed by atoms with van der Waals surface area (Å²) < 4.78 is 0. The molecular weight excluding hydrogens is 297 g/mol. The van der Waals surface area contributed by atoms with E-state index in [4.69, 9.17) is 23.2 Å². The lowest BCUT2D eigenvalue weighted by atomic mass is 10.1. The van der Waals surface area contributed by atoms with Crippen molar-refractivity contribution in [2.24, 2.45) is 0 Å². The molecule has 0 heterocycles. The second-order valence-electron chi connectivity index (χ2n) is 5.07. The number of nitrogens with one attached hydrogen (secondary N) is 1. The van der Waals surface area contributed by atoms with Gasteiger partial charge in [0.15, 0.2) is 0 Å². The molecule has 1 fully saturated rings. The van der Waals surface area contributed by atoms with Crippen LogP contribution in [0.15, 0.2) is 23.1 Å². The van der Waals surface area contributed by atoms with Gasteiger partial charge in [-0.25, -0.2) is 0 Å². The summed E-state index contributed by atoms with van der Waals surface area (Å²) in [5, 5.41) is 5.22. The van der Waals surface area contributed by atoms with E-state index >= 15 is 0 Å². The normalized spacial score (nSPS) is 17.4. The van der Waals surface area contributed by atoms with Crippen LogP contribution in [-0.2, 0) is 0 Å². The van der Waals surface area contributed by atoms with Gasteiger partial charge in [0.25, 0.3) is 0 Å². The van der Waals surface area contributed by atoms with Gasteiger partial charge in [-0.05, 0) is 31.0 Å². The van der Waals surface area contributed by atoms with Crippen LogP contribution < -0.4 is 5.32 Å². The van der Waals surface area contributed by atoms with Gasteiger partial charge in [0, 0.05) is 28.3 Å². The zero-order valence-electron chi connectivity index (χ0n) is 11.1. The number of hydrogen-bond donors (Lipinski definition) is 1. The van der Waals surface area contributed by atoms with Gasteiger partial charge in [0.05, 0.1) is 5.02 Å². The Hall–Kier alpha value is 0.110. The van der Waals surface area contributed by atoms with E-state index in [9.17, 15) is 0 Å². The van der Waals surface area contributed by atoms with E-state index in [0.29, 0.717) is 0 Å². The van der Waals surface area contributed by atoms with E-state index < -0.39 is 0 Å². The third kappa shape index (κ3) is 5.55. The first-order chi connectivity index (χ1) is 9.25. The molecule has 1 aliphatic rings. The second kappa shape index (κ2) is 8.41. The van der Waals surface area contributed by atoms with Gasteiger partial charge in [-0.2, -0.15) is 0 Å². The topological polar surface area (TPSA) is 12.0 Å². The van der Waals surface area contributed by atoms with Gasteiger partial charge in [0.1, 0.15) is 0 Å². The number of hydrogen-bond acceptors (Lipinski definition) is 2. The van der Waals surface area contributed by atoms with Crippen molar-refractivity contribution in [3.63, 3.8) is 0 Å². The summed E-state index contributed by atoms with van der Waals surface area (Å²) in [7, 11) is 0. The smallest absolute Gasteiger partial charge is 0.0542 e. The van der Waals surface area contributed by atoms with Gasteiger partial charge in [-0.3, -0.25) is 0 Å². The number of rotatable bonds is 5.